The summed E-state index contributed by atoms with van der Waals surface area (Å²) in [5, 5.41) is 3.56. The summed E-state index contributed by atoms with van der Waals surface area (Å²) in [6.07, 6.45) is 1.23. The van der Waals surface area contributed by atoms with Crippen LogP contribution in [0.25, 0.3) is 0 Å². The van der Waals surface area contributed by atoms with Crippen LogP contribution in [-0.2, 0) is 6.54 Å². The average molecular weight is 254 g/mol. The van der Waals surface area contributed by atoms with Crippen LogP contribution in [0.15, 0.2) is 22.7 Å². The summed E-state index contributed by atoms with van der Waals surface area (Å²) < 4.78 is 1.19. The van der Waals surface area contributed by atoms with Crippen LogP contribution in [0.5, 0.6) is 0 Å². The third-order valence-corrected chi connectivity index (χ3v) is 3.22. The zero-order valence-corrected chi connectivity index (χ0v) is 10.3. The molecule has 0 spiro atoms. The predicted octanol–water partition coefficient (Wildman–Crippen LogP) is 3.64. The fourth-order valence-electron chi connectivity index (χ4n) is 2.08. The zero-order valence-electron chi connectivity index (χ0n) is 8.68. The van der Waals surface area contributed by atoms with Gasteiger partial charge in [-0.05, 0) is 35.6 Å². The second-order valence-electron chi connectivity index (χ2n) is 4.41. The van der Waals surface area contributed by atoms with E-state index in [0.717, 1.165) is 12.5 Å². The average Bonchev–Trinajstić information content (AvgIpc) is 2.47. The minimum Gasteiger partial charge on any atom is -0.306 e. The first-order valence-electron chi connectivity index (χ1n) is 5.18. The van der Waals surface area contributed by atoms with Gasteiger partial charge in [-0.1, -0.05) is 35.8 Å². The van der Waals surface area contributed by atoms with Crippen molar-refractivity contribution >= 4 is 15.9 Å². The SMILES string of the molecule is CC(C)CC1NCc2ccc(Br)cc21. The number of hydrogen-bond acceptors (Lipinski definition) is 1. The van der Waals surface area contributed by atoms with Crippen LogP contribution >= 0.6 is 15.9 Å². The summed E-state index contributed by atoms with van der Waals surface area (Å²) in [4.78, 5) is 0. The Morgan fingerprint density at radius 3 is 3.00 bits per heavy atom. The molecule has 1 aromatic carbocycles. The Morgan fingerprint density at radius 2 is 2.29 bits per heavy atom. The first-order valence-corrected chi connectivity index (χ1v) is 5.98. The van der Waals surface area contributed by atoms with Crippen LogP contribution in [0.3, 0.4) is 0 Å². The Morgan fingerprint density at radius 1 is 1.50 bits per heavy atom. The van der Waals surface area contributed by atoms with Crippen molar-refractivity contribution in [2.75, 3.05) is 0 Å². The normalized spacial score (nSPS) is 20.1. The van der Waals surface area contributed by atoms with Crippen LogP contribution < -0.4 is 5.32 Å². The molecule has 2 rings (SSSR count). The van der Waals surface area contributed by atoms with Gasteiger partial charge >= 0.3 is 0 Å². The van der Waals surface area contributed by atoms with E-state index in [1.807, 2.05) is 0 Å². The Labute approximate surface area is 94.0 Å². The van der Waals surface area contributed by atoms with Crippen molar-refractivity contribution in [2.45, 2.75) is 32.9 Å². The Balaban J connectivity index is 2.24. The van der Waals surface area contributed by atoms with Gasteiger partial charge in [0.25, 0.3) is 0 Å². The number of halogens is 1. The third-order valence-electron chi connectivity index (χ3n) is 2.73. The lowest BCUT2D eigenvalue weighted by atomic mass is 9.97. The summed E-state index contributed by atoms with van der Waals surface area (Å²) in [6, 6.07) is 7.15. The van der Waals surface area contributed by atoms with Gasteiger partial charge in [-0.15, -0.1) is 0 Å². The molecule has 0 aromatic heterocycles. The van der Waals surface area contributed by atoms with Gasteiger partial charge < -0.3 is 5.32 Å². The third kappa shape index (κ3) is 2.01. The highest BCUT2D eigenvalue weighted by Crippen LogP contribution is 2.31. The molecule has 1 unspecified atom stereocenters. The highest BCUT2D eigenvalue weighted by Gasteiger charge is 2.22. The van der Waals surface area contributed by atoms with E-state index in [0.29, 0.717) is 6.04 Å². The summed E-state index contributed by atoms with van der Waals surface area (Å²) in [7, 11) is 0. The fourth-order valence-corrected chi connectivity index (χ4v) is 2.45. The summed E-state index contributed by atoms with van der Waals surface area (Å²) in [5.74, 6) is 0.748. The summed E-state index contributed by atoms with van der Waals surface area (Å²) in [5.41, 5.74) is 2.94. The smallest absolute Gasteiger partial charge is 0.0329 e. The Kier molecular flexibility index (Phi) is 2.93. The zero-order chi connectivity index (χ0) is 10.1. The van der Waals surface area contributed by atoms with Crippen LogP contribution in [-0.4, -0.2) is 0 Å². The highest BCUT2D eigenvalue weighted by molar-refractivity contribution is 9.10. The van der Waals surface area contributed by atoms with Gasteiger partial charge in [0.1, 0.15) is 0 Å². The molecule has 2 heteroatoms. The largest absolute Gasteiger partial charge is 0.306 e. The molecule has 1 atom stereocenters. The van der Waals surface area contributed by atoms with Gasteiger partial charge in [0.05, 0.1) is 0 Å². The topological polar surface area (TPSA) is 12.0 Å². The quantitative estimate of drug-likeness (QED) is 0.849. The molecule has 1 aromatic rings. The number of rotatable bonds is 2. The Bertz CT molecular complexity index is 333. The summed E-state index contributed by atoms with van der Waals surface area (Å²) >= 11 is 3.53. The van der Waals surface area contributed by atoms with Crippen molar-refractivity contribution in [1.82, 2.24) is 5.32 Å². The van der Waals surface area contributed by atoms with E-state index in [9.17, 15) is 0 Å². The van der Waals surface area contributed by atoms with Gasteiger partial charge in [-0.3, -0.25) is 0 Å². The van der Waals surface area contributed by atoms with E-state index >= 15 is 0 Å². The number of fused-ring (bicyclic) bond motifs is 1. The second-order valence-corrected chi connectivity index (χ2v) is 5.32. The number of hydrogen-bond donors (Lipinski definition) is 1. The molecule has 0 saturated heterocycles. The van der Waals surface area contributed by atoms with E-state index < -0.39 is 0 Å². The standard InChI is InChI=1S/C12H16BrN/c1-8(2)5-12-11-6-10(13)4-3-9(11)7-14-12/h3-4,6,8,12,14H,5,7H2,1-2H3. The molecule has 0 aliphatic carbocycles. The van der Waals surface area contributed by atoms with E-state index in [1.165, 1.54) is 22.0 Å². The molecule has 76 valence electrons. The molecule has 0 bridgehead atoms. The molecule has 14 heavy (non-hydrogen) atoms. The Hall–Kier alpha value is -0.340. The first kappa shape index (κ1) is 10.2. The number of benzene rings is 1. The van der Waals surface area contributed by atoms with Gasteiger partial charge in [0, 0.05) is 17.1 Å². The fraction of sp³-hybridized carbons (Fsp3) is 0.500. The molecule has 0 fully saturated rings. The molecule has 1 aliphatic heterocycles. The lowest BCUT2D eigenvalue weighted by Crippen LogP contribution is -2.14. The van der Waals surface area contributed by atoms with Gasteiger partial charge in [-0.25, -0.2) is 0 Å². The van der Waals surface area contributed by atoms with Crippen LogP contribution in [0.2, 0.25) is 0 Å². The lowest BCUT2D eigenvalue weighted by Gasteiger charge is -2.14. The van der Waals surface area contributed by atoms with Gasteiger partial charge in [0.2, 0.25) is 0 Å². The van der Waals surface area contributed by atoms with E-state index in [2.05, 4.69) is 53.3 Å². The molecule has 0 amide bonds. The van der Waals surface area contributed by atoms with Crippen molar-refractivity contribution < 1.29 is 0 Å². The molecular weight excluding hydrogens is 238 g/mol. The predicted molar refractivity (Wildman–Crippen MR) is 63.2 cm³/mol. The number of nitrogens with one attached hydrogen (secondary N) is 1. The van der Waals surface area contributed by atoms with E-state index in [4.69, 9.17) is 0 Å². The molecule has 0 radical (unpaired) electrons. The minimum absolute atomic E-state index is 0.558. The maximum atomic E-state index is 3.56. The van der Waals surface area contributed by atoms with Crippen LogP contribution in [0.1, 0.15) is 37.4 Å². The van der Waals surface area contributed by atoms with Crippen molar-refractivity contribution in [3.05, 3.63) is 33.8 Å². The van der Waals surface area contributed by atoms with E-state index in [-0.39, 0.29) is 0 Å². The monoisotopic (exact) mass is 253 g/mol. The molecule has 1 N–H and O–H groups in total. The highest BCUT2D eigenvalue weighted by atomic mass is 79.9. The minimum atomic E-state index is 0.558. The maximum absolute atomic E-state index is 3.56. The van der Waals surface area contributed by atoms with Gasteiger partial charge in [-0.2, -0.15) is 0 Å². The van der Waals surface area contributed by atoms with Crippen LogP contribution in [0, 0.1) is 5.92 Å². The van der Waals surface area contributed by atoms with E-state index in [1.54, 1.807) is 0 Å². The van der Waals surface area contributed by atoms with Crippen molar-refractivity contribution in [3.63, 3.8) is 0 Å². The van der Waals surface area contributed by atoms with Crippen molar-refractivity contribution in [1.29, 1.82) is 0 Å². The molecule has 0 saturated carbocycles. The maximum Gasteiger partial charge on any atom is 0.0329 e. The van der Waals surface area contributed by atoms with Crippen LogP contribution in [0.4, 0.5) is 0 Å². The molecule has 1 nitrogen and oxygen atoms in total. The van der Waals surface area contributed by atoms with Crippen molar-refractivity contribution in [3.8, 4) is 0 Å². The van der Waals surface area contributed by atoms with Gasteiger partial charge in [0.15, 0.2) is 0 Å². The summed E-state index contributed by atoms with van der Waals surface area (Å²) in [6.45, 7) is 5.58. The molecule has 1 heterocycles. The first-order chi connectivity index (χ1) is 6.66. The lowest BCUT2D eigenvalue weighted by molar-refractivity contribution is 0.455. The second kappa shape index (κ2) is 4.03. The molecular formula is C12H16BrN. The molecule has 1 aliphatic rings. The van der Waals surface area contributed by atoms with Crippen molar-refractivity contribution in [2.24, 2.45) is 5.92 Å².